The maximum Gasteiger partial charge on any atom is 0.223 e. The number of aliphatic imine (C=N–C) groups is 1. The molecule has 34 heavy (non-hydrogen) atoms. The molecule has 0 atom stereocenters. The minimum absolute atomic E-state index is 0.00871. The number of hydrogen-bond donors (Lipinski definition) is 1. The molecule has 1 saturated heterocycles. The number of amidine groups is 1. The molecule has 0 unspecified atom stereocenters. The number of nitrogens with one attached hydrogen (secondary N) is 1. The summed E-state index contributed by atoms with van der Waals surface area (Å²) in [6.45, 7) is 7.59. The first kappa shape index (κ1) is 22.8. The molecular formula is C27H32N4O2S. The number of benzene rings is 1. The summed E-state index contributed by atoms with van der Waals surface area (Å²) >= 11 is 1.62. The number of allylic oxidation sites excluding steroid dienone is 4. The van der Waals surface area contributed by atoms with E-state index in [1.165, 1.54) is 5.56 Å². The van der Waals surface area contributed by atoms with Gasteiger partial charge in [-0.1, -0.05) is 18.2 Å². The number of carbonyl (C=O) groups excluding carboxylic acids is 1. The molecule has 1 saturated carbocycles. The predicted octanol–water partition coefficient (Wildman–Crippen LogP) is 5.03. The molecule has 0 spiro atoms. The van der Waals surface area contributed by atoms with Crippen LogP contribution in [0.25, 0.3) is 10.2 Å². The van der Waals surface area contributed by atoms with Crippen LogP contribution in [-0.2, 0) is 11.2 Å². The molecule has 7 heteroatoms. The molecule has 3 heterocycles. The zero-order valence-electron chi connectivity index (χ0n) is 19.7. The third-order valence-electron chi connectivity index (χ3n) is 6.80. The van der Waals surface area contributed by atoms with E-state index in [1.807, 2.05) is 23.9 Å². The maximum atomic E-state index is 12.9. The van der Waals surface area contributed by atoms with Crippen LogP contribution in [0, 0.1) is 5.92 Å². The summed E-state index contributed by atoms with van der Waals surface area (Å²) in [6, 6.07) is 4.21. The van der Waals surface area contributed by atoms with Crippen LogP contribution in [0.5, 0.6) is 5.75 Å². The average Bonchev–Trinajstić information content (AvgIpc) is 3.27. The predicted molar refractivity (Wildman–Crippen MR) is 138 cm³/mol. The van der Waals surface area contributed by atoms with Gasteiger partial charge in [0.25, 0.3) is 0 Å². The van der Waals surface area contributed by atoms with Gasteiger partial charge in [0.15, 0.2) is 0 Å². The molecule has 178 valence electrons. The number of rotatable bonds is 6. The number of fused-ring (bicyclic) bond motifs is 1. The molecule has 1 aliphatic carbocycles. The van der Waals surface area contributed by atoms with Gasteiger partial charge in [-0.25, -0.2) is 9.98 Å². The summed E-state index contributed by atoms with van der Waals surface area (Å²) in [7, 11) is 0. The van der Waals surface area contributed by atoms with Crippen LogP contribution in [0.1, 0.15) is 44.6 Å². The van der Waals surface area contributed by atoms with E-state index in [4.69, 9.17) is 4.74 Å². The van der Waals surface area contributed by atoms with Crippen LogP contribution in [0.2, 0.25) is 0 Å². The van der Waals surface area contributed by atoms with E-state index in [9.17, 15) is 4.79 Å². The quantitative estimate of drug-likeness (QED) is 0.594. The van der Waals surface area contributed by atoms with Crippen molar-refractivity contribution < 1.29 is 9.53 Å². The van der Waals surface area contributed by atoms with Crippen LogP contribution in [0.15, 0.2) is 59.7 Å². The Morgan fingerprint density at radius 3 is 3.03 bits per heavy atom. The fourth-order valence-corrected chi connectivity index (χ4v) is 5.67. The second-order valence-electron chi connectivity index (χ2n) is 9.81. The molecule has 1 aromatic carbocycles. The number of amides is 1. The molecule has 2 fully saturated rings. The van der Waals surface area contributed by atoms with Crippen molar-refractivity contribution in [3.63, 3.8) is 0 Å². The Kier molecular flexibility index (Phi) is 6.55. The number of thiazole rings is 1. The van der Waals surface area contributed by atoms with Gasteiger partial charge in [0.2, 0.25) is 5.91 Å². The van der Waals surface area contributed by atoms with E-state index >= 15 is 0 Å². The minimum atomic E-state index is -0.197. The Morgan fingerprint density at radius 2 is 2.21 bits per heavy atom. The summed E-state index contributed by atoms with van der Waals surface area (Å²) in [5, 5.41) is 3.30. The third kappa shape index (κ3) is 4.94. The molecular weight excluding hydrogens is 444 g/mol. The Morgan fingerprint density at radius 1 is 1.35 bits per heavy atom. The van der Waals surface area contributed by atoms with Crippen molar-refractivity contribution in [1.82, 2.24) is 15.2 Å². The molecule has 1 aromatic heterocycles. The monoisotopic (exact) mass is 476 g/mol. The Bertz CT molecular complexity index is 1150. The summed E-state index contributed by atoms with van der Waals surface area (Å²) in [4.78, 5) is 24.3. The molecule has 5 rings (SSSR count). The number of carbonyl (C=O) groups is 1. The van der Waals surface area contributed by atoms with Crippen LogP contribution < -0.4 is 10.1 Å². The van der Waals surface area contributed by atoms with Gasteiger partial charge in [0.05, 0.1) is 15.7 Å². The fourth-order valence-electron chi connectivity index (χ4n) is 4.91. The van der Waals surface area contributed by atoms with Gasteiger partial charge in [-0.3, -0.25) is 4.79 Å². The number of nitrogens with zero attached hydrogens (tertiary/aromatic N) is 3. The largest absolute Gasteiger partial charge is 0.488 e. The lowest BCUT2D eigenvalue weighted by Gasteiger charge is -2.50. The van der Waals surface area contributed by atoms with Gasteiger partial charge in [0, 0.05) is 31.6 Å². The summed E-state index contributed by atoms with van der Waals surface area (Å²) in [6.07, 6.45) is 15.5. The van der Waals surface area contributed by atoms with Crippen LogP contribution in [-0.4, -0.2) is 46.4 Å². The van der Waals surface area contributed by atoms with Crippen molar-refractivity contribution in [2.75, 3.05) is 13.1 Å². The highest BCUT2D eigenvalue weighted by Gasteiger charge is 2.44. The van der Waals surface area contributed by atoms with E-state index in [2.05, 4.69) is 58.0 Å². The standard InChI is InChI=1S/C27H32N4O2S/c1-3-9-19-12-22(25-23(13-19)34-18-29-25)33-21-14-20(15-21)26(32)30-27(2)16-31(17-27)24-10-7-5-4-6-8-11-28-24/h3-4,6,8,11-13,18,20-21H,1,5,7,9-10,14-17H2,2H3,(H,30,32)/b6-4-,11-8-,28-24?. The molecule has 2 aromatic rings. The zero-order valence-corrected chi connectivity index (χ0v) is 20.5. The molecule has 2 aliphatic heterocycles. The summed E-state index contributed by atoms with van der Waals surface area (Å²) in [5.74, 6) is 2.09. The highest BCUT2D eigenvalue weighted by atomic mass is 32.1. The topological polar surface area (TPSA) is 66.8 Å². The SMILES string of the molecule is C=CCc1cc(OC2CC(C(=O)NC3(C)CN(C4=N/C=C\C=C/CCC4)C3)C2)c2ncsc2c1. The van der Waals surface area contributed by atoms with E-state index in [0.717, 1.165) is 73.4 Å². The van der Waals surface area contributed by atoms with Crippen molar-refractivity contribution in [1.29, 1.82) is 0 Å². The van der Waals surface area contributed by atoms with Gasteiger partial charge < -0.3 is 15.0 Å². The molecule has 1 amide bonds. The van der Waals surface area contributed by atoms with E-state index in [0.29, 0.717) is 0 Å². The normalized spacial score (nSPS) is 25.6. The van der Waals surface area contributed by atoms with Crippen molar-refractivity contribution in [2.24, 2.45) is 10.9 Å². The summed E-state index contributed by atoms with van der Waals surface area (Å²) < 4.78 is 7.41. The van der Waals surface area contributed by atoms with Crippen LogP contribution >= 0.6 is 11.3 Å². The summed E-state index contributed by atoms with van der Waals surface area (Å²) in [5.41, 5.74) is 3.74. The van der Waals surface area contributed by atoms with Crippen molar-refractivity contribution in [2.45, 2.75) is 57.1 Å². The lowest BCUT2D eigenvalue weighted by Crippen LogP contribution is -2.70. The molecule has 0 radical (unpaired) electrons. The number of likely N-dealkylation sites (tertiary alicyclic amines) is 1. The van der Waals surface area contributed by atoms with Gasteiger partial charge in [0.1, 0.15) is 23.2 Å². The Hall–Kier alpha value is -2.93. The number of aromatic nitrogens is 1. The molecule has 1 N–H and O–H groups in total. The second kappa shape index (κ2) is 9.74. The maximum absolute atomic E-state index is 12.9. The molecule has 3 aliphatic rings. The Balaban J connectivity index is 1.12. The molecule has 0 bridgehead atoms. The fraction of sp³-hybridized carbons (Fsp3) is 0.444. The van der Waals surface area contributed by atoms with Gasteiger partial charge >= 0.3 is 0 Å². The van der Waals surface area contributed by atoms with E-state index in [1.54, 1.807) is 11.3 Å². The molecule has 6 nitrogen and oxygen atoms in total. The third-order valence-corrected chi connectivity index (χ3v) is 7.57. The average molecular weight is 477 g/mol. The first-order valence-corrected chi connectivity index (χ1v) is 13.0. The minimum Gasteiger partial charge on any atom is -0.488 e. The lowest BCUT2D eigenvalue weighted by atomic mass is 9.80. The van der Waals surface area contributed by atoms with Crippen molar-refractivity contribution >= 4 is 33.3 Å². The van der Waals surface area contributed by atoms with Gasteiger partial charge in [-0.2, -0.15) is 0 Å². The van der Waals surface area contributed by atoms with Crippen LogP contribution in [0.4, 0.5) is 0 Å². The number of hydrogen-bond acceptors (Lipinski definition) is 6. The highest BCUT2D eigenvalue weighted by molar-refractivity contribution is 7.16. The van der Waals surface area contributed by atoms with Crippen molar-refractivity contribution in [3.05, 3.63) is 60.3 Å². The second-order valence-corrected chi connectivity index (χ2v) is 10.7. The van der Waals surface area contributed by atoms with Gasteiger partial charge in [-0.05, 0) is 62.8 Å². The van der Waals surface area contributed by atoms with Crippen LogP contribution in [0.3, 0.4) is 0 Å². The zero-order chi connectivity index (χ0) is 23.5. The smallest absolute Gasteiger partial charge is 0.223 e. The highest BCUT2D eigenvalue weighted by Crippen LogP contribution is 2.36. The van der Waals surface area contributed by atoms with E-state index in [-0.39, 0.29) is 23.5 Å². The van der Waals surface area contributed by atoms with Crippen molar-refractivity contribution in [3.8, 4) is 5.75 Å². The van der Waals surface area contributed by atoms with Gasteiger partial charge in [-0.15, -0.1) is 17.9 Å². The Labute approximate surface area is 205 Å². The first-order valence-electron chi connectivity index (χ1n) is 12.1. The first-order chi connectivity index (χ1) is 16.5. The lowest BCUT2D eigenvalue weighted by molar-refractivity contribution is -0.134. The number of ether oxygens (including phenoxy) is 1. The van der Waals surface area contributed by atoms with E-state index < -0.39 is 0 Å².